The highest BCUT2D eigenvalue weighted by molar-refractivity contribution is 5.93. The zero-order valence-corrected chi connectivity index (χ0v) is 31.8. The van der Waals surface area contributed by atoms with Gasteiger partial charge in [-0.1, -0.05) is 189 Å². The van der Waals surface area contributed by atoms with E-state index in [4.69, 9.17) is 5.73 Å². The molecule has 0 saturated heterocycles. The van der Waals surface area contributed by atoms with Crippen molar-refractivity contribution < 1.29 is 0 Å². The molecule has 0 bridgehead atoms. The molecule has 0 atom stereocenters. The Morgan fingerprint density at radius 2 is 1.05 bits per heavy atom. The first-order valence-electron chi connectivity index (χ1n) is 19.9. The van der Waals surface area contributed by atoms with Crippen LogP contribution in [0.25, 0.3) is 49.7 Å². The predicted molar refractivity (Wildman–Crippen MR) is 239 cm³/mol. The van der Waals surface area contributed by atoms with E-state index < -0.39 is 5.41 Å². The first-order chi connectivity index (χ1) is 27.6. The molecule has 0 spiro atoms. The summed E-state index contributed by atoms with van der Waals surface area (Å²) in [4.78, 5) is 0. The first kappa shape index (κ1) is 35.0. The lowest BCUT2D eigenvalue weighted by Crippen LogP contribution is -2.28. The van der Waals surface area contributed by atoms with E-state index in [2.05, 4.69) is 201 Å². The van der Waals surface area contributed by atoms with Gasteiger partial charge in [-0.25, -0.2) is 0 Å². The van der Waals surface area contributed by atoms with Crippen molar-refractivity contribution >= 4 is 22.0 Å². The van der Waals surface area contributed by atoms with Crippen molar-refractivity contribution in [2.75, 3.05) is 5.73 Å². The van der Waals surface area contributed by atoms with Crippen LogP contribution in [0.15, 0.2) is 206 Å². The van der Waals surface area contributed by atoms with E-state index >= 15 is 0 Å². The Morgan fingerprint density at radius 1 is 0.482 bits per heavy atom. The number of hydrogen-bond acceptors (Lipinski definition) is 1. The number of unbranched alkanes of at least 4 members (excludes halogenated alkanes) is 1. The summed E-state index contributed by atoms with van der Waals surface area (Å²) >= 11 is 0. The molecule has 0 aliphatic heterocycles. The molecule has 270 valence electrons. The van der Waals surface area contributed by atoms with Gasteiger partial charge in [-0.2, -0.15) is 0 Å². The fraction of sp³-hybridized carbons (Fsp3) is 0.0909. The highest BCUT2D eigenvalue weighted by atomic mass is 14.6. The number of allylic oxidation sites excluding steroid dienone is 3. The molecule has 1 heteroatoms. The van der Waals surface area contributed by atoms with Crippen LogP contribution in [0.3, 0.4) is 0 Å². The Bertz CT molecular complexity index is 2680. The van der Waals surface area contributed by atoms with Crippen LogP contribution in [0.5, 0.6) is 0 Å². The smallest absolute Gasteiger partial charge is 0.0713 e. The lowest BCUT2D eigenvalue weighted by atomic mass is 9.67. The van der Waals surface area contributed by atoms with Crippen molar-refractivity contribution in [1.82, 2.24) is 0 Å². The maximum absolute atomic E-state index is 6.50. The molecule has 9 rings (SSSR count). The third kappa shape index (κ3) is 6.26. The lowest BCUT2D eigenvalue weighted by molar-refractivity contribution is 0.769. The largest absolute Gasteiger partial charge is 0.398 e. The molecule has 0 heterocycles. The third-order valence-corrected chi connectivity index (χ3v) is 11.5. The fourth-order valence-electron chi connectivity index (χ4n) is 8.81. The maximum Gasteiger partial charge on any atom is 0.0713 e. The summed E-state index contributed by atoms with van der Waals surface area (Å²) < 4.78 is 0. The molecular weight excluding hydrogens is 675 g/mol. The highest BCUT2D eigenvalue weighted by Gasteiger charge is 2.46. The van der Waals surface area contributed by atoms with E-state index in [-0.39, 0.29) is 0 Å². The number of rotatable bonds is 10. The molecule has 0 fully saturated rings. The van der Waals surface area contributed by atoms with Gasteiger partial charge in [-0.15, -0.1) is 0 Å². The summed E-state index contributed by atoms with van der Waals surface area (Å²) in [6.07, 6.45) is 9.88. The topological polar surface area (TPSA) is 26.0 Å². The van der Waals surface area contributed by atoms with Gasteiger partial charge in [0.25, 0.3) is 0 Å². The molecule has 2 N–H and O–H groups in total. The summed E-state index contributed by atoms with van der Waals surface area (Å²) in [7, 11) is 0. The molecule has 1 aliphatic rings. The second-order valence-corrected chi connectivity index (χ2v) is 14.8. The molecule has 8 aromatic rings. The van der Waals surface area contributed by atoms with E-state index in [1.54, 1.807) is 0 Å². The summed E-state index contributed by atoms with van der Waals surface area (Å²) in [6, 6.07) is 69.0. The Morgan fingerprint density at radius 3 is 1.75 bits per heavy atom. The number of nitrogen functional groups attached to an aromatic ring is 1. The Balaban J connectivity index is 1.09. The summed E-state index contributed by atoms with van der Waals surface area (Å²) in [5.41, 5.74) is 23.0. The zero-order chi connectivity index (χ0) is 37.9. The summed E-state index contributed by atoms with van der Waals surface area (Å²) in [6.45, 7) is 2.17. The van der Waals surface area contributed by atoms with Crippen LogP contribution < -0.4 is 5.73 Å². The van der Waals surface area contributed by atoms with Gasteiger partial charge in [0.1, 0.15) is 0 Å². The van der Waals surface area contributed by atoms with Crippen molar-refractivity contribution in [3.05, 3.63) is 240 Å². The van der Waals surface area contributed by atoms with E-state index in [0.29, 0.717) is 0 Å². The number of para-hydroxylation sites is 1. The molecule has 1 aliphatic carbocycles. The predicted octanol–water partition coefficient (Wildman–Crippen LogP) is 14.3. The van der Waals surface area contributed by atoms with Crippen molar-refractivity contribution in [2.24, 2.45) is 0 Å². The molecule has 0 radical (unpaired) electrons. The highest BCUT2D eigenvalue weighted by Crippen LogP contribution is 2.56. The maximum atomic E-state index is 6.50. The second-order valence-electron chi connectivity index (χ2n) is 14.8. The van der Waals surface area contributed by atoms with Crippen LogP contribution >= 0.6 is 0 Å². The second kappa shape index (κ2) is 15.2. The van der Waals surface area contributed by atoms with Gasteiger partial charge in [0.15, 0.2) is 0 Å². The number of benzene rings is 8. The fourth-order valence-corrected chi connectivity index (χ4v) is 8.81. The van der Waals surface area contributed by atoms with Crippen molar-refractivity contribution in [3.63, 3.8) is 0 Å². The van der Waals surface area contributed by atoms with E-state index in [0.717, 1.165) is 30.5 Å². The SMILES string of the molecule is CC/C=C\CC/C=C(/c1ccc(-c2ccc3ccc(-c4ccc5c(c4)C(c4ccccc4)(c4ccccc4)c4ccccc4-5)cc3c2)cc1)c1ccccc1N. The lowest BCUT2D eigenvalue weighted by Gasteiger charge is -2.34. The Kier molecular flexibility index (Phi) is 9.51. The van der Waals surface area contributed by atoms with Gasteiger partial charge >= 0.3 is 0 Å². The molecule has 56 heavy (non-hydrogen) atoms. The van der Waals surface area contributed by atoms with Crippen molar-refractivity contribution in [1.29, 1.82) is 0 Å². The minimum Gasteiger partial charge on any atom is -0.398 e. The first-order valence-corrected chi connectivity index (χ1v) is 19.9. The normalized spacial score (nSPS) is 13.2. The van der Waals surface area contributed by atoms with Crippen molar-refractivity contribution in [3.8, 4) is 33.4 Å². The summed E-state index contributed by atoms with van der Waals surface area (Å²) in [5, 5.41) is 2.45. The van der Waals surface area contributed by atoms with E-state index in [1.807, 2.05) is 12.1 Å². The van der Waals surface area contributed by atoms with E-state index in [9.17, 15) is 0 Å². The number of nitrogens with two attached hydrogens (primary N) is 1. The van der Waals surface area contributed by atoms with Crippen LogP contribution in [-0.4, -0.2) is 0 Å². The van der Waals surface area contributed by atoms with Crippen LogP contribution in [0, 0.1) is 0 Å². The van der Waals surface area contributed by atoms with Crippen molar-refractivity contribution in [2.45, 2.75) is 31.6 Å². The van der Waals surface area contributed by atoms with Gasteiger partial charge in [0, 0.05) is 11.3 Å². The van der Waals surface area contributed by atoms with Gasteiger partial charge < -0.3 is 5.73 Å². The van der Waals surface area contributed by atoms with Gasteiger partial charge in [0.05, 0.1) is 5.41 Å². The number of hydrogen-bond donors (Lipinski definition) is 1. The van der Waals surface area contributed by atoms with Gasteiger partial charge in [0.2, 0.25) is 0 Å². The van der Waals surface area contributed by atoms with Gasteiger partial charge in [-0.3, -0.25) is 0 Å². The number of anilines is 1. The van der Waals surface area contributed by atoms with Crippen LogP contribution in [0.4, 0.5) is 5.69 Å². The van der Waals surface area contributed by atoms with E-state index in [1.165, 1.54) is 77.5 Å². The molecule has 0 unspecified atom stereocenters. The van der Waals surface area contributed by atoms with Gasteiger partial charge in [-0.05, 0) is 121 Å². The third-order valence-electron chi connectivity index (χ3n) is 11.5. The minimum absolute atomic E-state index is 0.423. The standard InChI is InChI=1S/C55H45N/c1-2-3-4-5-12-21-48(51-23-14-16-25-54(51)56)41-30-26-39(27-31-41)42-32-28-40-29-33-43(37-45(40)36-42)44-34-35-50-49-22-13-15-24-52(49)55(53(50)38-44,46-17-8-6-9-18-46)47-19-10-7-11-20-47/h3-4,6-11,13-38H,2,5,12,56H2,1H3/b4-3-,48-21-. The van der Waals surface area contributed by atoms with Crippen LogP contribution in [0.2, 0.25) is 0 Å². The van der Waals surface area contributed by atoms with Crippen LogP contribution in [-0.2, 0) is 5.41 Å². The molecule has 0 saturated carbocycles. The zero-order valence-electron chi connectivity index (χ0n) is 31.8. The Hall–Kier alpha value is -6.70. The molecular formula is C55H45N. The average molecular weight is 720 g/mol. The number of fused-ring (bicyclic) bond motifs is 4. The monoisotopic (exact) mass is 719 g/mol. The molecule has 0 amide bonds. The molecule has 0 aromatic heterocycles. The van der Waals surface area contributed by atoms with Crippen LogP contribution in [0.1, 0.15) is 59.6 Å². The quantitative estimate of drug-likeness (QED) is 0.0850. The summed E-state index contributed by atoms with van der Waals surface area (Å²) in [5.74, 6) is 0. The average Bonchev–Trinajstić information content (AvgIpc) is 3.56. The minimum atomic E-state index is -0.423. The molecule has 1 nitrogen and oxygen atoms in total. The molecule has 8 aromatic carbocycles. The Labute approximate surface area is 331 Å².